The Balaban J connectivity index is 2.05. The molecule has 0 radical (unpaired) electrons. The average Bonchev–Trinajstić information content (AvgIpc) is 2.67. The molecule has 8 heteroatoms. The van der Waals surface area contributed by atoms with Gasteiger partial charge in [0, 0.05) is 6.54 Å². The number of anilines is 1. The van der Waals surface area contributed by atoms with Gasteiger partial charge in [0.1, 0.15) is 5.75 Å². The average molecular weight is 408 g/mol. The van der Waals surface area contributed by atoms with Crippen molar-refractivity contribution >= 4 is 17.5 Å². The lowest BCUT2D eigenvalue weighted by atomic mass is 10.2. The van der Waals surface area contributed by atoms with Crippen LogP contribution >= 0.6 is 0 Å². The molecule has 2 aromatic carbocycles. The van der Waals surface area contributed by atoms with Gasteiger partial charge in [-0.1, -0.05) is 19.1 Å². The molecule has 0 aliphatic heterocycles. The number of hydrogen-bond acceptors (Lipinski definition) is 3. The summed E-state index contributed by atoms with van der Waals surface area (Å²) in [5.74, 6) is -5.16. The molecule has 156 valence electrons. The van der Waals surface area contributed by atoms with Crippen LogP contribution in [-0.2, 0) is 9.59 Å². The van der Waals surface area contributed by atoms with Gasteiger partial charge in [0.25, 0.3) is 5.91 Å². The van der Waals surface area contributed by atoms with Gasteiger partial charge in [-0.3, -0.25) is 9.59 Å². The third-order valence-electron chi connectivity index (χ3n) is 4.10. The Morgan fingerprint density at radius 2 is 1.86 bits per heavy atom. The first-order valence-electron chi connectivity index (χ1n) is 9.18. The highest BCUT2D eigenvalue weighted by Gasteiger charge is 2.24. The summed E-state index contributed by atoms with van der Waals surface area (Å²) >= 11 is 0. The summed E-state index contributed by atoms with van der Waals surface area (Å²) < 4.78 is 45.7. The second-order valence-electron chi connectivity index (χ2n) is 6.61. The highest BCUT2D eigenvalue weighted by molar-refractivity contribution is 5.95. The van der Waals surface area contributed by atoms with Gasteiger partial charge >= 0.3 is 0 Å². The smallest absolute Gasteiger partial charge is 0.263 e. The standard InChI is InChI=1S/C21H23F3N2O3/c1-4-10-26(21(28)14(3)29-15-7-5-6-13(2)11-15)12-18(27)25-17-9-8-16(22)19(23)20(17)24/h5-9,11,14H,4,10,12H2,1-3H3,(H,25,27). The van der Waals surface area contributed by atoms with Crippen LogP contribution in [0.15, 0.2) is 36.4 Å². The van der Waals surface area contributed by atoms with Crippen molar-refractivity contribution < 1.29 is 27.5 Å². The van der Waals surface area contributed by atoms with Gasteiger partial charge in [0.05, 0.1) is 12.2 Å². The van der Waals surface area contributed by atoms with Crippen molar-refractivity contribution in [3.05, 3.63) is 59.4 Å². The minimum atomic E-state index is -1.68. The molecular formula is C21H23F3N2O3. The van der Waals surface area contributed by atoms with Crippen LogP contribution in [0.2, 0.25) is 0 Å². The first kappa shape index (κ1) is 22.3. The molecule has 0 spiro atoms. The quantitative estimate of drug-likeness (QED) is 0.671. The molecule has 5 nitrogen and oxygen atoms in total. The van der Waals surface area contributed by atoms with Gasteiger partial charge in [0.15, 0.2) is 23.6 Å². The first-order chi connectivity index (χ1) is 13.7. The Morgan fingerprint density at radius 1 is 1.14 bits per heavy atom. The summed E-state index contributed by atoms with van der Waals surface area (Å²) in [5, 5.41) is 2.16. The van der Waals surface area contributed by atoms with E-state index in [1.165, 1.54) is 4.90 Å². The number of rotatable bonds is 8. The molecule has 0 heterocycles. The molecule has 0 bridgehead atoms. The van der Waals surface area contributed by atoms with Crippen LogP contribution in [-0.4, -0.2) is 35.9 Å². The number of halogens is 3. The maximum absolute atomic E-state index is 13.7. The van der Waals surface area contributed by atoms with Gasteiger partial charge < -0.3 is 15.0 Å². The van der Waals surface area contributed by atoms with Gasteiger partial charge in [-0.05, 0) is 50.1 Å². The number of hydrogen-bond donors (Lipinski definition) is 1. The predicted octanol–water partition coefficient (Wildman–Crippen LogP) is 4.06. The van der Waals surface area contributed by atoms with Gasteiger partial charge in [-0.25, -0.2) is 13.2 Å². The number of nitrogens with one attached hydrogen (secondary N) is 1. The number of aryl methyl sites for hydroxylation is 1. The van der Waals surface area contributed by atoms with Crippen molar-refractivity contribution in [1.29, 1.82) is 0 Å². The molecule has 0 aromatic heterocycles. The van der Waals surface area contributed by atoms with Crippen molar-refractivity contribution in [3.8, 4) is 5.75 Å². The summed E-state index contributed by atoms with van der Waals surface area (Å²) in [6, 6.07) is 8.83. The molecule has 2 rings (SSSR count). The van der Waals surface area contributed by atoms with E-state index in [1.54, 1.807) is 25.1 Å². The summed E-state index contributed by atoms with van der Waals surface area (Å²) in [4.78, 5) is 26.2. The molecular weight excluding hydrogens is 385 g/mol. The van der Waals surface area contributed by atoms with E-state index in [1.807, 2.05) is 19.9 Å². The van der Waals surface area contributed by atoms with Crippen LogP contribution in [0.3, 0.4) is 0 Å². The molecule has 29 heavy (non-hydrogen) atoms. The fourth-order valence-electron chi connectivity index (χ4n) is 2.72. The molecule has 0 fully saturated rings. The fourth-order valence-corrected chi connectivity index (χ4v) is 2.72. The number of benzene rings is 2. The zero-order valence-electron chi connectivity index (χ0n) is 16.5. The SMILES string of the molecule is CCCN(CC(=O)Nc1ccc(F)c(F)c1F)C(=O)C(C)Oc1cccc(C)c1. The van der Waals surface area contributed by atoms with E-state index < -0.39 is 41.1 Å². The monoisotopic (exact) mass is 408 g/mol. The van der Waals surface area contributed by atoms with Crippen LogP contribution in [0.4, 0.5) is 18.9 Å². The molecule has 0 saturated carbocycles. The molecule has 2 amide bonds. The van der Waals surface area contributed by atoms with Crippen molar-refractivity contribution in [2.24, 2.45) is 0 Å². The number of carbonyl (C=O) groups excluding carboxylic acids is 2. The largest absolute Gasteiger partial charge is 0.481 e. The van der Waals surface area contributed by atoms with Crippen LogP contribution in [0.25, 0.3) is 0 Å². The lowest BCUT2D eigenvalue weighted by Gasteiger charge is -2.25. The van der Waals surface area contributed by atoms with Crippen molar-refractivity contribution in [3.63, 3.8) is 0 Å². The predicted molar refractivity (Wildman–Crippen MR) is 103 cm³/mol. The lowest BCUT2D eigenvalue weighted by molar-refractivity contribution is -0.140. The zero-order chi connectivity index (χ0) is 21.6. The first-order valence-corrected chi connectivity index (χ1v) is 9.18. The maximum atomic E-state index is 13.7. The highest BCUT2D eigenvalue weighted by atomic mass is 19.2. The lowest BCUT2D eigenvalue weighted by Crippen LogP contribution is -2.44. The number of amides is 2. The molecule has 1 atom stereocenters. The van der Waals surface area contributed by atoms with Crippen molar-refractivity contribution in [2.45, 2.75) is 33.3 Å². The van der Waals surface area contributed by atoms with Crippen LogP contribution in [0.5, 0.6) is 5.75 Å². The van der Waals surface area contributed by atoms with Crippen molar-refractivity contribution in [2.75, 3.05) is 18.4 Å². The summed E-state index contributed by atoms with van der Waals surface area (Å²) in [6.45, 7) is 5.19. The number of ether oxygens (including phenoxy) is 1. The third kappa shape index (κ3) is 5.97. The minimum absolute atomic E-state index is 0.272. The van der Waals surface area contributed by atoms with Crippen LogP contribution in [0, 0.1) is 24.4 Å². The maximum Gasteiger partial charge on any atom is 0.263 e. The van der Waals surface area contributed by atoms with Gasteiger partial charge in [-0.2, -0.15) is 0 Å². The van der Waals surface area contributed by atoms with E-state index >= 15 is 0 Å². The molecule has 1 unspecified atom stereocenters. The topological polar surface area (TPSA) is 58.6 Å². The van der Waals surface area contributed by atoms with E-state index in [0.29, 0.717) is 18.2 Å². The highest BCUT2D eigenvalue weighted by Crippen LogP contribution is 2.20. The molecule has 0 saturated heterocycles. The second-order valence-corrected chi connectivity index (χ2v) is 6.61. The fraction of sp³-hybridized carbons (Fsp3) is 0.333. The van der Waals surface area contributed by atoms with Gasteiger partial charge in [0.2, 0.25) is 5.91 Å². The Bertz CT molecular complexity index is 889. The van der Waals surface area contributed by atoms with Crippen LogP contribution < -0.4 is 10.1 Å². The number of nitrogens with zero attached hydrogens (tertiary/aromatic N) is 1. The minimum Gasteiger partial charge on any atom is -0.481 e. The Kier molecular flexibility index (Phi) is 7.64. The molecule has 1 N–H and O–H groups in total. The van der Waals surface area contributed by atoms with E-state index in [9.17, 15) is 22.8 Å². The second kappa shape index (κ2) is 9.95. The summed E-state index contributed by atoms with van der Waals surface area (Å²) in [7, 11) is 0. The molecule has 0 aliphatic carbocycles. The Hall–Kier alpha value is -3.03. The third-order valence-corrected chi connectivity index (χ3v) is 4.10. The summed E-state index contributed by atoms with van der Waals surface area (Å²) in [6.07, 6.45) is -0.272. The number of carbonyl (C=O) groups is 2. The van der Waals surface area contributed by atoms with Crippen molar-refractivity contribution in [1.82, 2.24) is 4.90 Å². The molecule has 2 aromatic rings. The Labute approximate surface area is 167 Å². The Morgan fingerprint density at radius 3 is 2.52 bits per heavy atom. The van der Waals surface area contributed by atoms with E-state index in [0.717, 1.165) is 11.6 Å². The zero-order valence-corrected chi connectivity index (χ0v) is 16.5. The van der Waals surface area contributed by atoms with Crippen LogP contribution in [0.1, 0.15) is 25.8 Å². The summed E-state index contributed by atoms with van der Waals surface area (Å²) in [5.41, 5.74) is 0.474. The van der Waals surface area contributed by atoms with Gasteiger partial charge in [-0.15, -0.1) is 0 Å². The van der Waals surface area contributed by atoms with E-state index in [-0.39, 0.29) is 13.1 Å². The normalized spacial score (nSPS) is 11.7. The molecule has 0 aliphatic rings. The van der Waals surface area contributed by atoms with E-state index in [4.69, 9.17) is 4.74 Å². The van der Waals surface area contributed by atoms with E-state index in [2.05, 4.69) is 5.32 Å².